The van der Waals surface area contributed by atoms with Crippen molar-refractivity contribution in [3.63, 3.8) is 0 Å². The van der Waals surface area contributed by atoms with Crippen molar-refractivity contribution in [2.75, 3.05) is 0 Å². The van der Waals surface area contributed by atoms with Crippen molar-refractivity contribution in [2.45, 2.75) is 43.8 Å². The van der Waals surface area contributed by atoms with Crippen LogP contribution in [0.3, 0.4) is 0 Å². The second-order valence-corrected chi connectivity index (χ2v) is 6.56. The first-order valence-corrected chi connectivity index (χ1v) is 9.01. The Kier molecular flexibility index (Phi) is 8.05. The van der Waals surface area contributed by atoms with Crippen LogP contribution in [-0.2, 0) is 32.0 Å². The summed E-state index contributed by atoms with van der Waals surface area (Å²) in [5, 5.41) is 23.0. The first kappa shape index (κ1) is 22.5. The van der Waals surface area contributed by atoms with Gasteiger partial charge in [0.05, 0.1) is 18.7 Å². The Labute approximate surface area is 170 Å². The van der Waals surface area contributed by atoms with Gasteiger partial charge in [-0.1, -0.05) is 0 Å². The van der Waals surface area contributed by atoms with Crippen molar-refractivity contribution < 1.29 is 29.4 Å². The number of nitrogens with zero attached hydrogens (tertiary/aromatic N) is 2. The molecule has 30 heavy (non-hydrogen) atoms. The Morgan fingerprint density at radius 3 is 1.93 bits per heavy atom. The number of carbonyl (C=O) groups is 4. The molecule has 0 saturated heterocycles. The lowest BCUT2D eigenvalue weighted by atomic mass is 10.1. The Balaban J connectivity index is 2.08. The van der Waals surface area contributed by atoms with Gasteiger partial charge in [0.1, 0.15) is 12.1 Å². The number of aromatic amines is 2. The van der Waals surface area contributed by atoms with Gasteiger partial charge in [-0.3, -0.25) is 14.4 Å². The molecule has 0 bridgehead atoms. The van der Waals surface area contributed by atoms with E-state index in [0.29, 0.717) is 11.4 Å². The van der Waals surface area contributed by atoms with Crippen LogP contribution in [0.4, 0.5) is 0 Å². The zero-order chi connectivity index (χ0) is 22.1. The number of carbonyl (C=O) groups excluding carboxylic acids is 2. The highest BCUT2D eigenvalue weighted by molar-refractivity contribution is 5.92. The lowest BCUT2D eigenvalue weighted by molar-refractivity contribution is -0.142. The maximum Gasteiger partial charge on any atom is 0.326 e. The Bertz CT molecular complexity index is 852. The quantitative estimate of drug-likeness (QED) is 0.205. The summed E-state index contributed by atoms with van der Waals surface area (Å²) < 4.78 is 0. The number of aliphatic carboxylic acids is 2. The van der Waals surface area contributed by atoms with Crippen LogP contribution in [0.1, 0.15) is 24.2 Å². The number of hydrogen-bond donors (Lipinski definition) is 7. The number of amides is 2. The first-order valence-electron chi connectivity index (χ1n) is 9.01. The molecule has 0 saturated carbocycles. The smallest absolute Gasteiger partial charge is 0.326 e. The van der Waals surface area contributed by atoms with E-state index in [-0.39, 0.29) is 25.7 Å². The fourth-order valence-electron chi connectivity index (χ4n) is 2.60. The third-order valence-corrected chi connectivity index (χ3v) is 4.21. The van der Waals surface area contributed by atoms with Crippen LogP contribution in [0.5, 0.6) is 0 Å². The summed E-state index contributed by atoms with van der Waals surface area (Å²) in [6.45, 7) is 0. The van der Waals surface area contributed by atoms with E-state index in [1.54, 1.807) is 0 Å². The van der Waals surface area contributed by atoms with E-state index in [1.807, 2.05) is 0 Å². The molecule has 0 spiro atoms. The van der Waals surface area contributed by atoms with E-state index in [1.165, 1.54) is 25.0 Å². The lowest BCUT2D eigenvalue weighted by Gasteiger charge is -2.22. The van der Waals surface area contributed by atoms with Crippen molar-refractivity contribution in [3.05, 3.63) is 36.4 Å². The van der Waals surface area contributed by atoms with E-state index in [2.05, 4.69) is 30.6 Å². The van der Waals surface area contributed by atoms with Gasteiger partial charge in [0.15, 0.2) is 0 Å². The highest BCUT2D eigenvalue weighted by atomic mass is 16.4. The number of aromatic nitrogens is 4. The van der Waals surface area contributed by atoms with Crippen LogP contribution in [0, 0.1) is 0 Å². The van der Waals surface area contributed by atoms with Gasteiger partial charge in [0.2, 0.25) is 11.8 Å². The maximum absolute atomic E-state index is 12.8. The Morgan fingerprint density at radius 2 is 1.47 bits per heavy atom. The molecule has 0 aliphatic rings. The van der Waals surface area contributed by atoms with Gasteiger partial charge in [0, 0.05) is 43.0 Å². The zero-order valence-electron chi connectivity index (χ0n) is 15.9. The molecule has 2 amide bonds. The fraction of sp³-hybridized carbons (Fsp3) is 0.412. The molecule has 8 N–H and O–H groups in total. The third kappa shape index (κ3) is 7.01. The number of carboxylic acids is 2. The standard InChI is InChI=1S/C17H23N7O6/c18-11(1-2-14(25)26)15(27)23-12(3-9-5-19-7-21-9)16(28)24-13(17(29)30)4-10-6-20-8-22-10/h5-8,11-13H,1-4,18H2,(H,19,21)(H,20,22)(H,23,27)(H,24,28)(H,25,26)(H,29,30). The Morgan fingerprint density at radius 1 is 0.933 bits per heavy atom. The number of hydrogen-bond acceptors (Lipinski definition) is 7. The normalized spacial score (nSPS) is 13.8. The minimum absolute atomic E-state index is 0.000377. The average molecular weight is 421 g/mol. The highest BCUT2D eigenvalue weighted by Crippen LogP contribution is 2.04. The summed E-state index contributed by atoms with van der Waals surface area (Å²) in [6.07, 6.45) is 5.21. The van der Waals surface area contributed by atoms with E-state index in [0.717, 1.165) is 0 Å². The van der Waals surface area contributed by atoms with Gasteiger partial charge in [-0.2, -0.15) is 0 Å². The molecule has 0 fully saturated rings. The predicted octanol–water partition coefficient (Wildman–Crippen LogP) is -1.84. The molecule has 162 valence electrons. The molecular weight excluding hydrogens is 398 g/mol. The number of H-pyrrole nitrogens is 2. The Hall–Kier alpha value is -3.74. The monoisotopic (exact) mass is 421 g/mol. The van der Waals surface area contributed by atoms with Crippen molar-refractivity contribution in [3.8, 4) is 0 Å². The fourth-order valence-corrected chi connectivity index (χ4v) is 2.60. The van der Waals surface area contributed by atoms with Crippen LogP contribution in [0.15, 0.2) is 25.0 Å². The topological polar surface area (TPSA) is 216 Å². The molecule has 0 aromatic carbocycles. The largest absolute Gasteiger partial charge is 0.481 e. The van der Waals surface area contributed by atoms with E-state index in [9.17, 15) is 24.3 Å². The van der Waals surface area contributed by atoms with Gasteiger partial charge in [-0.25, -0.2) is 14.8 Å². The zero-order valence-corrected chi connectivity index (χ0v) is 15.9. The number of nitrogens with one attached hydrogen (secondary N) is 4. The van der Waals surface area contributed by atoms with Crippen LogP contribution in [0.25, 0.3) is 0 Å². The summed E-state index contributed by atoms with van der Waals surface area (Å²) in [5.41, 5.74) is 6.72. The summed E-state index contributed by atoms with van der Waals surface area (Å²) >= 11 is 0. The van der Waals surface area contributed by atoms with Crippen molar-refractivity contribution >= 4 is 23.8 Å². The molecule has 2 heterocycles. The van der Waals surface area contributed by atoms with E-state index >= 15 is 0 Å². The molecule has 0 aliphatic heterocycles. The third-order valence-electron chi connectivity index (χ3n) is 4.21. The van der Waals surface area contributed by atoms with Gasteiger partial charge < -0.3 is 36.5 Å². The first-order chi connectivity index (χ1) is 14.3. The molecular formula is C17H23N7O6. The van der Waals surface area contributed by atoms with Crippen LogP contribution in [0.2, 0.25) is 0 Å². The van der Waals surface area contributed by atoms with Crippen LogP contribution < -0.4 is 16.4 Å². The van der Waals surface area contributed by atoms with E-state index in [4.69, 9.17) is 10.8 Å². The number of imidazole rings is 2. The number of rotatable bonds is 12. The van der Waals surface area contributed by atoms with Crippen molar-refractivity contribution in [1.29, 1.82) is 0 Å². The van der Waals surface area contributed by atoms with Gasteiger partial charge in [-0.05, 0) is 6.42 Å². The highest BCUT2D eigenvalue weighted by Gasteiger charge is 2.29. The summed E-state index contributed by atoms with van der Waals surface area (Å²) in [7, 11) is 0. The minimum Gasteiger partial charge on any atom is -0.481 e. The molecule has 3 unspecified atom stereocenters. The van der Waals surface area contributed by atoms with Crippen LogP contribution >= 0.6 is 0 Å². The minimum atomic E-state index is -1.26. The molecule has 13 heteroatoms. The number of carboxylic acid groups (broad SMARTS) is 2. The molecule has 3 atom stereocenters. The summed E-state index contributed by atoms with van der Waals surface area (Å²) in [5.74, 6) is -3.83. The molecule has 0 radical (unpaired) electrons. The molecule has 0 aliphatic carbocycles. The maximum atomic E-state index is 12.8. The van der Waals surface area contributed by atoms with E-state index < -0.39 is 41.9 Å². The predicted molar refractivity (Wildman–Crippen MR) is 101 cm³/mol. The average Bonchev–Trinajstić information content (AvgIpc) is 3.38. The molecule has 13 nitrogen and oxygen atoms in total. The van der Waals surface area contributed by atoms with Crippen LogP contribution in [-0.4, -0.2) is 72.0 Å². The van der Waals surface area contributed by atoms with Crippen molar-refractivity contribution in [1.82, 2.24) is 30.6 Å². The SMILES string of the molecule is NC(CCC(=O)O)C(=O)NC(Cc1cnc[nH]1)C(=O)NC(Cc1cnc[nH]1)C(=O)O. The lowest BCUT2D eigenvalue weighted by Crippen LogP contribution is -2.55. The second-order valence-electron chi connectivity index (χ2n) is 6.56. The number of nitrogens with two attached hydrogens (primary N) is 1. The molecule has 2 aromatic rings. The summed E-state index contributed by atoms with van der Waals surface area (Å²) in [6, 6.07) is -3.56. The van der Waals surface area contributed by atoms with Gasteiger partial charge in [-0.15, -0.1) is 0 Å². The second kappa shape index (κ2) is 10.7. The van der Waals surface area contributed by atoms with Gasteiger partial charge in [0.25, 0.3) is 0 Å². The summed E-state index contributed by atoms with van der Waals surface area (Å²) in [4.78, 5) is 60.5. The molecule has 2 rings (SSSR count). The van der Waals surface area contributed by atoms with Crippen molar-refractivity contribution in [2.24, 2.45) is 5.73 Å². The van der Waals surface area contributed by atoms with Gasteiger partial charge >= 0.3 is 11.9 Å². The molecule has 2 aromatic heterocycles.